The van der Waals surface area contributed by atoms with Crippen LogP contribution in [0.25, 0.3) is 0 Å². The van der Waals surface area contributed by atoms with Crippen molar-refractivity contribution in [1.82, 2.24) is 14.7 Å². The van der Waals surface area contributed by atoms with Crippen LogP contribution in [0.3, 0.4) is 0 Å². The monoisotopic (exact) mass is 363 g/mol. The molecule has 1 N–H and O–H groups in total. The van der Waals surface area contributed by atoms with E-state index in [-0.39, 0.29) is 22.9 Å². The largest absolute Gasteiger partial charge is 0.478 e. The predicted molar refractivity (Wildman–Crippen MR) is 96.2 cm³/mol. The molecule has 1 aliphatic heterocycles. The van der Waals surface area contributed by atoms with Gasteiger partial charge < -0.3 is 14.7 Å². The zero-order chi connectivity index (χ0) is 18.7. The molecule has 1 aromatic rings. The number of carboxylic acid groups (broad SMARTS) is 1. The topological polar surface area (TPSA) is 84.7 Å². The first-order valence-corrected chi connectivity index (χ1v) is 9.54. The molecule has 2 fully saturated rings. The standard InChI is InChI=1S/C19H29N3O4/c1-14-16(17(23)24)13-20-22(14)15-5-10-21(11-6-15)18(25)19(9-12-26-2)7-3-4-8-19/h13,15H,3-12H2,1-2H3,(H,23,24). The minimum Gasteiger partial charge on any atom is -0.478 e. The van der Waals surface area contributed by atoms with E-state index in [4.69, 9.17) is 4.74 Å². The van der Waals surface area contributed by atoms with Crippen molar-refractivity contribution in [3.8, 4) is 0 Å². The number of likely N-dealkylation sites (tertiary alicyclic amines) is 1. The van der Waals surface area contributed by atoms with Crippen molar-refractivity contribution in [3.63, 3.8) is 0 Å². The highest BCUT2D eigenvalue weighted by Crippen LogP contribution is 2.43. The predicted octanol–water partition coefficient (Wildman–Crippen LogP) is 2.65. The number of methoxy groups -OCH3 is 1. The third-order valence-corrected chi connectivity index (χ3v) is 6.17. The van der Waals surface area contributed by atoms with Gasteiger partial charge in [-0.15, -0.1) is 0 Å². The Morgan fingerprint density at radius 3 is 2.50 bits per heavy atom. The number of carbonyl (C=O) groups is 2. The van der Waals surface area contributed by atoms with E-state index in [2.05, 4.69) is 5.10 Å². The molecule has 1 saturated heterocycles. The Morgan fingerprint density at radius 1 is 1.31 bits per heavy atom. The van der Waals surface area contributed by atoms with Crippen LogP contribution in [0.5, 0.6) is 0 Å². The molecule has 1 aromatic heterocycles. The van der Waals surface area contributed by atoms with Crippen molar-refractivity contribution < 1.29 is 19.4 Å². The molecule has 1 amide bonds. The van der Waals surface area contributed by atoms with Crippen LogP contribution in [-0.4, -0.2) is 58.5 Å². The molecule has 26 heavy (non-hydrogen) atoms. The lowest BCUT2D eigenvalue weighted by molar-refractivity contribution is -0.144. The lowest BCUT2D eigenvalue weighted by atomic mass is 9.81. The number of amides is 1. The summed E-state index contributed by atoms with van der Waals surface area (Å²) >= 11 is 0. The van der Waals surface area contributed by atoms with Crippen molar-refractivity contribution in [3.05, 3.63) is 17.5 Å². The van der Waals surface area contributed by atoms with Crippen LogP contribution < -0.4 is 0 Å². The van der Waals surface area contributed by atoms with Crippen LogP contribution in [0.1, 0.15) is 67.0 Å². The second kappa shape index (κ2) is 7.78. The summed E-state index contributed by atoms with van der Waals surface area (Å²) < 4.78 is 7.07. The number of aromatic carboxylic acids is 1. The molecule has 144 valence electrons. The summed E-state index contributed by atoms with van der Waals surface area (Å²) in [5, 5.41) is 13.5. The van der Waals surface area contributed by atoms with Crippen LogP contribution >= 0.6 is 0 Å². The van der Waals surface area contributed by atoms with Gasteiger partial charge in [-0.2, -0.15) is 5.10 Å². The number of piperidine rings is 1. The Kier molecular flexibility index (Phi) is 5.65. The molecule has 1 aliphatic carbocycles. The summed E-state index contributed by atoms with van der Waals surface area (Å²) in [6.45, 7) is 3.85. The number of hydrogen-bond acceptors (Lipinski definition) is 4. The minimum atomic E-state index is -0.942. The molecule has 1 saturated carbocycles. The zero-order valence-electron chi connectivity index (χ0n) is 15.7. The van der Waals surface area contributed by atoms with Crippen LogP contribution in [0.2, 0.25) is 0 Å². The van der Waals surface area contributed by atoms with Crippen molar-refractivity contribution >= 4 is 11.9 Å². The molecule has 0 unspecified atom stereocenters. The molecule has 2 aliphatic rings. The van der Waals surface area contributed by atoms with Gasteiger partial charge in [-0.1, -0.05) is 12.8 Å². The lowest BCUT2D eigenvalue weighted by Crippen LogP contribution is -2.47. The van der Waals surface area contributed by atoms with Crippen molar-refractivity contribution in [2.24, 2.45) is 5.41 Å². The minimum absolute atomic E-state index is 0.158. The van der Waals surface area contributed by atoms with Gasteiger partial charge in [0.15, 0.2) is 0 Å². The zero-order valence-corrected chi connectivity index (χ0v) is 15.7. The first kappa shape index (κ1) is 18.9. The number of rotatable bonds is 6. The molecule has 0 bridgehead atoms. The Morgan fingerprint density at radius 2 is 1.96 bits per heavy atom. The van der Waals surface area contributed by atoms with Gasteiger partial charge in [-0.25, -0.2) is 4.79 Å². The average molecular weight is 363 g/mol. The van der Waals surface area contributed by atoms with E-state index in [1.807, 2.05) is 9.58 Å². The fraction of sp³-hybridized carbons (Fsp3) is 0.737. The van der Waals surface area contributed by atoms with Crippen molar-refractivity contribution in [2.75, 3.05) is 26.8 Å². The summed E-state index contributed by atoms with van der Waals surface area (Å²) in [5.74, 6) is -0.656. The number of nitrogens with zero attached hydrogens (tertiary/aromatic N) is 3. The highest BCUT2D eigenvalue weighted by Gasteiger charge is 2.43. The van der Waals surface area contributed by atoms with Gasteiger partial charge in [-0.05, 0) is 39.0 Å². The smallest absolute Gasteiger partial charge is 0.339 e. The molecular formula is C19H29N3O4. The summed E-state index contributed by atoms with van der Waals surface area (Å²) in [7, 11) is 1.69. The number of ether oxygens (including phenoxy) is 1. The highest BCUT2D eigenvalue weighted by atomic mass is 16.5. The van der Waals surface area contributed by atoms with Gasteiger partial charge in [0.1, 0.15) is 5.56 Å². The quantitative estimate of drug-likeness (QED) is 0.840. The second-order valence-corrected chi connectivity index (χ2v) is 7.65. The summed E-state index contributed by atoms with van der Waals surface area (Å²) in [6.07, 6.45) is 8.04. The molecule has 2 heterocycles. The van der Waals surface area contributed by atoms with Crippen LogP contribution in [0.4, 0.5) is 0 Å². The van der Waals surface area contributed by atoms with E-state index in [0.717, 1.165) is 44.9 Å². The SMILES string of the molecule is COCCC1(C(=O)N2CCC(n3ncc(C(=O)O)c3C)CC2)CCCC1. The van der Waals surface area contributed by atoms with Gasteiger partial charge >= 0.3 is 5.97 Å². The Hall–Kier alpha value is -1.89. The van der Waals surface area contributed by atoms with Gasteiger partial charge in [0.05, 0.1) is 23.3 Å². The molecule has 3 rings (SSSR count). The van der Waals surface area contributed by atoms with Crippen molar-refractivity contribution in [2.45, 2.75) is 57.9 Å². The maximum Gasteiger partial charge on any atom is 0.339 e. The number of carboxylic acids is 1. The third kappa shape index (κ3) is 3.49. The normalized spacial score (nSPS) is 20.5. The molecule has 7 heteroatoms. The first-order valence-electron chi connectivity index (χ1n) is 9.54. The van der Waals surface area contributed by atoms with Gasteiger partial charge in [0.25, 0.3) is 0 Å². The van der Waals surface area contributed by atoms with Gasteiger partial charge in [-0.3, -0.25) is 9.48 Å². The van der Waals surface area contributed by atoms with Gasteiger partial charge in [0.2, 0.25) is 5.91 Å². The van der Waals surface area contributed by atoms with Crippen LogP contribution in [0, 0.1) is 12.3 Å². The average Bonchev–Trinajstić information content (AvgIpc) is 3.27. The Labute approximate surface area is 154 Å². The third-order valence-electron chi connectivity index (χ3n) is 6.17. The molecule has 7 nitrogen and oxygen atoms in total. The molecule has 0 atom stereocenters. The van der Waals surface area contributed by atoms with E-state index >= 15 is 0 Å². The van der Waals surface area contributed by atoms with Crippen LogP contribution in [0.15, 0.2) is 6.20 Å². The van der Waals surface area contributed by atoms with E-state index in [1.54, 1.807) is 14.0 Å². The second-order valence-electron chi connectivity index (χ2n) is 7.65. The highest BCUT2D eigenvalue weighted by molar-refractivity contribution is 5.88. The molecular weight excluding hydrogens is 334 g/mol. The number of aromatic nitrogens is 2. The van der Waals surface area contributed by atoms with E-state index in [9.17, 15) is 14.7 Å². The fourth-order valence-corrected chi connectivity index (χ4v) is 4.57. The van der Waals surface area contributed by atoms with E-state index in [0.29, 0.717) is 25.4 Å². The molecule has 0 radical (unpaired) electrons. The maximum atomic E-state index is 13.2. The Balaban J connectivity index is 1.64. The Bertz CT molecular complexity index is 656. The van der Waals surface area contributed by atoms with Crippen molar-refractivity contribution in [1.29, 1.82) is 0 Å². The summed E-state index contributed by atoms with van der Waals surface area (Å²) in [4.78, 5) is 26.4. The maximum absolute atomic E-state index is 13.2. The van der Waals surface area contributed by atoms with Crippen LogP contribution in [-0.2, 0) is 9.53 Å². The molecule has 0 aromatic carbocycles. The molecule has 0 spiro atoms. The summed E-state index contributed by atoms with van der Waals surface area (Å²) in [5.41, 5.74) is 0.712. The van der Waals surface area contributed by atoms with E-state index < -0.39 is 5.97 Å². The van der Waals surface area contributed by atoms with E-state index in [1.165, 1.54) is 6.20 Å². The number of hydrogen-bond donors (Lipinski definition) is 1. The first-order chi connectivity index (χ1) is 12.5. The summed E-state index contributed by atoms with van der Waals surface area (Å²) in [6, 6.07) is 0.158. The van der Waals surface area contributed by atoms with Gasteiger partial charge in [0, 0.05) is 26.8 Å². The number of carbonyl (C=O) groups excluding carboxylic acids is 1. The fourth-order valence-electron chi connectivity index (χ4n) is 4.57. The lowest BCUT2D eigenvalue weighted by Gasteiger charge is -2.38.